The van der Waals surface area contributed by atoms with E-state index < -0.39 is 0 Å². The van der Waals surface area contributed by atoms with Crippen LogP contribution in [0.25, 0.3) is 0 Å². The van der Waals surface area contributed by atoms with Gasteiger partial charge in [-0.15, -0.1) is 10.2 Å². The standard InChI is InChI=1S/C12H19N3O2/c1-5-17-11(16)10-14-13-8(2)15(10)12(3,4)9-6-7-9/h9H,5-7H2,1-4H3. The van der Waals surface area contributed by atoms with Gasteiger partial charge in [0.25, 0.3) is 0 Å². The smallest absolute Gasteiger partial charge is 0.376 e. The van der Waals surface area contributed by atoms with E-state index in [4.69, 9.17) is 4.74 Å². The summed E-state index contributed by atoms with van der Waals surface area (Å²) in [6.45, 7) is 8.28. The third-order valence-corrected chi connectivity index (χ3v) is 3.44. The average Bonchev–Trinajstić information content (AvgIpc) is 3.02. The number of nitrogens with zero attached hydrogens (tertiary/aromatic N) is 3. The number of ether oxygens (including phenoxy) is 1. The van der Waals surface area contributed by atoms with Crippen molar-refractivity contribution in [2.75, 3.05) is 6.61 Å². The molecule has 1 aliphatic carbocycles. The lowest BCUT2D eigenvalue weighted by atomic mass is 9.98. The lowest BCUT2D eigenvalue weighted by Gasteiger charge is -2.28. The van der Waals surface area contributed by atoms with Gasteiger partial charge in [-0.1, -0.05) is 0 Å². The molecule has 0 unspecified atom stereocenters. The van der Waals surface area contributed by atoms with E-state index in [0.717, 1.165) is 5.82 Å². The highest BCUT2D eigenvalue weighted by molar-refractivity contribution is 5.85. The predicted octanol–water partition coefficient (Wildman–Crippen LogP) is 1.91. The van der Waals surface area contributed by atoms with E-state index in [2.05, 4.69) is 24.0 Å². The van der Waals surface area contributed by atoms with Crippen LogP contribution in [0.15, 0.2) is 0 Å². The molecule has 17 heavy (non-hydrogen) atoms. The van der Waals surface area contributed by atoms with Crippen molar-refractivity contribution in [1.82, 2.24) is 14.8 Å². The highest BCUT2D eigenvalue weighted by Gasteiger charge is 2.42. The fourth-order valence-corrected chi connectivity index (χ4v) is 2.35. The zero-order valence-electron chi connectivity index (χ0n) is 10.9. The Morgan fingerprint density at radius 1 is 1.47 bits per heavy atom. The summed E-state index contributed by atoms with van der Waals surface area (Å²) in [5.41, 5.74) is -0.115. The fourth-order valence-electron chi connectivity index (χ4n) is 2.35. The first-order chi connectivity index (χ1) is 7.98. The van der Waals surface area contributed by atoms with Crippen LogP contribution in [0.5, 0.6) is 0 Å². The Balaban J connectivity index is 2.38. The van der Waals surface area contributed by atoms with Crippen molar-refractivity contribution < 1.29 is 9.53 Å². The van der Waals surface area contributed by atoms with E-state index in [1.165, 1.54) is 12.8 Å². The minimum atomic E-state index is -0.387. The van der Waals surface area contributed by atoms with E-state index in [1.54, 1.807) is 6.92 Å². The zero-order chi connectivity index (χ0) is 12.6. The minimum Gasteiger partial charge on any atom is -0.460 e. The van der Waals surface area contributed by atoms with E-state index in [9.17, 15) is 4.79 Å². The van der Waals surface area contributed by atoms with Crippen molar-refractivity contribution in [1.29, 1.82) is 0 Å². The number of aryl methyl sites for hydroxylation is 1. The van der Waals surface area contributed by atoms with Crippen LogP contribution in [0, 0.1) is 12.8 Å². The van der Waals surface area contributed by atoms with Gasteiger partial charge in [0, 0.05) is 5.54 Å². The second kappa shape index (κ2) is 4.13. The molecule has 0 atom stereocenters. The average molecular weight is 237 g/mol. The molecule has 0 amide bonds. The molecule has 0 aromatic carbocycles. The Bertz CT molecular complexity index is 433. The first-order valence-corrected chi connectivity index (χ1v) is 6.08. The van der Waals surface area contributed by atoms with E-state index in [-0.39, 0.29) is 11.5 Å². The summed E-state index contributed by atoms with van der Waals surface area (Å²) in [4.78, 5) is 11.8. The van der Waals surface area contributed by atoms with Crippen molar-refractivity contribution in [2.45, 2.75) is 46.1 Å². The highest BCUT2D eigenvalue weighted by Crippen LogP contribution is 2.44. The van der Waals surface area contributed by atoms with Crippen molar-refractivity contribution in [3.05, 3.63) is 11.6 Å². The van der Waals surface area contributed by atoms with Crippen LogP contribution in [0.1, 0.15) is 50.1 Å². The summed E-state index contributed by atoms with van der Waals surface area (Å²) in [6, 6.07) is 0. The van der Waals surface area contributed by atoms with Gasteiger partial charge >= 0.3 is 5.97 Å². The summed E-state index contributed by atoms with van der Waals surface area (Å²) in [6.07, 6.45) is 2.40. The van der Waals surface area contributed by atoms with Gasteiger partial charge in [-0.25, -0.2) is 4.79 Å². The molecule has 0 aliphatic heterocycles. The summed E-state index contributed by atoms with van der Waals surface area (Å²) in [5.74, 6) is 1.30. The largest absolute Gasteiger partial charge is 0.460 e. The van der Waals surface area contributed by atoms with E-state index >= 15 is 0 Å². The van der Waals surface area contributed by atoms with Gasteiger partial charge in [0.15, 0.2) is 0 Å². The Hall–Kier alpha value is -1.39. The molecule has 0 saturated heterocycles. The molecule has 0 radical (unpaired) electrons. The molecule has 1 fully saturated rings. The van der Waals surface area contributed by atoms with Crippen molar-refractivity contribution in [3.63, 3.8) is 0 Å². The monoisotopic (exact) mass is 237 g/mol. The maximum absolute atomic E-state index is 11.8. The van der Waals surface area contributed by atoms with E-state index in [1.807, 2.05) is 11.5 Å². The predicted molar refractivity (Wildman–Crippen MR) is 62.8 cm³/mol. The second-order valence-corrected chi connectivity index (χ2v) is 5.05. The SMILES string of the molecule is CCOC(=O)c1nnc(C)n1C(C)(C)C1CC1. The Morgan fingerprint density at radius 3 is 2.65 bits per heavy atom. The molecule has 1 heterocycles. The molecular weight excluding hydrogens is 218 g/mol. The molecule has 5 nitrogen and oxygen atoms in total. The molecule has 1 aromatic rings. The number of esters is 1. The number of carbonyl (C=O) groups excluding carboxylic acids is 1. The van der Waals surface area contributed by atoms with Crippen LogP contribution in [0.4, 0.5) is 0 Å². The maximum Gasteiger partial charge on any atom is 0.376 e. The Labute approximate surface area is 101 Å². The molecule has 2 rings (SSSR count). The molecule has 0 N–H and O–H groups in total. The van der Waals surface area contributed by atoms with Gasteiger partial charge < -0.3 is 4.74 Å². The lowest BCUT2D eigenvalue weighted by Crippen LogP contribution is -2.33. The second-order valence-electron chi connectivity index (χ2n) is 5.05. The maximum atomic E-state index is 11.8. The van der Waals surface area contributed by atoms with Crippen molar-refractivity contribution in [2.24, 2.45) is 5.92 Å². The van der Waals surface area contributed by atoms with Gasteiger partial charge in [-0.2, -0.15) is 0 Å². The minimum absolute atomic E-state index is 0.115. The number of hydrogen-bond acceptors (Lipinski definition) is 4. The van der Waals surface area contributed by atoms with Gasteiger partial charge in [0.1, 0.15) is 5.82 Å². The molecule has 0 bridgehead atoms. The Kier molecular flexibility index (Phi) is 2.93. The summed E-state index contributed by atoms with van der Waals surface area (Å²) in [5, 5.41) is 7.96. The van der Waals surface area contributed by atoms with Crippen LogP contribution in [0.2, 0.25) is 0 Å². The van der Waals surface area contributed by atoms with Crippen molar-refractivity contribution in [3.8, 4) is 0 Å². The van der Waals surface area contributed by atoms with Gasteiger partial charge in [-0.05, 0) is 46.5 Å². The molecular formula is C12H19N3O2. The van der Waals surface area contributed by atoms with Gasteiger partial charge in [0.2, 0.25) is 5.82 Å². The van der Waals surface area contributed by atoms with Crippen LogP contribution >= 0.6 is 0 Å². The van der Waals surface area contributed by atoms with E-state index in [0.29, 0.717) is 18.3 Å². The molecule has 1 aromatic heterocycles. The number of rotatable bonds is 4. The molecule has 0 spiro atoms. The quantitative estimate of drug-likeness (QED) is 0.750. The van der Waals surface area contributed by atoms with Gasteiger partial charge in [-0.3, -0.25) is 4.57 Å². The number of carbonyl (C=O) groups is 1. The summed E-state index contributed by atoms with van der Waals surface area (Å²) < 4.78 is 6.93. The molecule has 5 heteroatoms. The first-order valence-electron chi connectivity index (χ1n) is 6.08. The number of hydrogen-bond donors (Lipinski definition) is 0. The van der Waals surface area contributed by atoms with Crippen LogP contribution in [-0.4, -0.2) is 27.3 Å². The molecule has 1 saturated carbocycles. The molecule has 1 aliphatic rings. The summed E-state index contributed by atoms with van der Waals surface area (Å²) in [7, 11) is 0. The fraction of sp³-hybridized carbons (Fsp3) is 0.750. The normalized spacial score (nSPS) is 16.0. The molecule has 94 valence electrons. The lowest BCUT2D eigenvalue weighted by molar-refractivity contribution is 0.0495. The Morgan fingerprint density at radius 2 is 2.12 bits per heavy atom. The number of aromatic nitrogens is 3. The third kappa shape index (κ3) is 2.06. The first kappa shape index (κ1) is 12.1. The van der Waals surface area contributed by atoms with Crippen LogP contribution < -0.4 is 0 Å². The van der Waals surface area contributed by atoms with Crippen LogP contribution in [0.3, 0.4) is 0 Å². The van der Waals surface area contributed by atoms with Crippen molar-refractivity contribution >= 4 is 5.97 Å². The van der Waals surface area contributed by atoms with Gasteiger partial charge in [0.05, 0.1) is 6.61 Å². The van der Waals surface area contributed by atoms with Crippen LogP contribution in [-0.2, 0) is 10.3 Å². The highest BCUT2D eigenvalue weighted by atomic mass is 16.5. The topological polar surface area (TPSA) is 57.0 Å². The third-order valence-electron chi connectivity index (χ3n) is 3.44. The zero-order valence-corrected chi connectivity index (χ0v) is 10.9. The summed E-state index contributed by atoms with van der Waals surface area (Å²) >= 11 is 0.